The second-order valence-corrected chi connectivity index (χ2v) is 7.29. The van der Waals surface area contributed by atoms with Crippen LogP contribution in [-0.2, 0) is 11.2 Å². The summed E-state index contributed by atoms with van der Waals surface area (Å²) in [6, 6.07) is 23.2. The molecule has 2 atom stereocenters. The van der Waals surface area contributed by atoms with Gasteiger partial charge in [0.05, 0.1) is 26.2 Å². The molecular weight excluding hydrogens is 378 g/mol. The molecule has 154 valence electrons. The molecule has 0 aliphatic carbocycles. The molecule has 2 unspecified atom stereocenters. The highest BCUT2D eigenvalue weighted by Crippen LogP contribution is 2.36. The van der Waals surface area contributed by atoms with Gasteiger partial charge < -0.3 is 19.5 Å². The highest BCUT2D eigenvalue weighted by atomic mass is 16.5. The third kappa shape index (κ3) is 4.10. The molecule has 3 aromatic rings. The SMILES string of the molecule is COc1cccc(C(NC(=O)C2COc3c(cccc3OC)C2)c2ccccc2)c1. The number of amides is 1. The first-order valence-electron chi connectivity index (χ1n) is 9.97. The van der Waals surface area contributed by atoms with Crippen LogP contribution in [0.4, 0.5) is 0 Å². The molecule has 0 saturated carbocycles. The number of hydrogen-bond donors (Lipinski definition) is 1. The molecule has 30 heavy (non-hydrogen) atoms. The van der Waals surface area contributed by atoms with Crippen molar-refractivity contribution in [2.45, 2.75) is 12.5 Å². The molecule has 1 N–H and O–H groups in total. The number of rotatable bonds is 6. The number of carbonyl (C=O) groups is 1. The summed E-state index contributed by atoms with van der Waals surface area (Å²) in [6.07, 6.45) is 0.609. The lowest BCUT2D eigenvalue weighted by Gasteiger charge is -2.28. The average molecular weight is 403 g/mol. The van der Waals surface area contributed by atoms with Gasteiger partial charge in [-0.05, 0) is 41.3 Å². The number of benzene rings is 3. The van der Waals surface area contributed by atoms with Crippen molar-refractivity contribution in [2.24, 2.45) is 5.92 Å². The van der Waals surface area contributed by atoms with Gasteiger partial charge in [-0.3, -0.25) is 4.79 Å². The Labute approximate surface area is 176 Å². The maximum Gasteiger partial charge on any atom is 0.227 e. The Hall–Kier alpha value is -3.47. The van der Waals surface area contributed by atoms with Crippen LogP contribution in [0, 0.1) is 5.92 Å². The Kier molecular flexibility index (Phi) is 5.89. The summed E-state index contributed by atoms with van der Waals surface area (Å²) < 4.78 is 16.7. The van der Waals surface area contributed by atoms with E-state index in [4.69, 9.17) is 14.2 Å². The molecule has 0 saturated heterocycles. The Morgan fingerprint density at radius 2 is 1.73 bits per heavy atom. The van der Waals surface area contributed by atoms with Crippen molar-refractivity contribution in [1.82, 2.24) is 5.32 Å². The van der Waals surface area contributed by atoms with Crippen molar-refractivity contribution in [1.29, 1.82) is 0 Å². The van der Waals surface area contributed by atoms with E-state index in [0.717, 1.165) is 28.2 Å². The summed E-state index contributed by atoms with van der Waals surface area (Å²) in [5, 5.41) is 3.22. The summed E-state index contributed by atoms with van der Waals surface area (Å²) in [7, 11) is 3.26. The van der Waals surface area contributed by atoms with Gasteiger partial charge in [0, 0.05) is 0 Å². The molecule has 1 amide bonds. The van der Waals surface area contributed by atoms with Crippen molar-refractivity contribution < 1.29 is 19.0 Å². The zero-order chi connectivity index (χ0) is 20.9. The van der Waals surface area contributed by atoms with Crippen LogP contribution >= 0.6 is 0 Å². The second kappa shape index (κ2) is 8.91. The van der Waals surface area contributed by atoms with Gasteiger partial charge in [0.1, 0.15) is 12.4 Å². The number of methoxy groups -OCH3 is 2. The minimum absolute atomic E-state index is 0.0415. The molecule has 5 nitrogen and oxygen atoms in total. The predicted molar refractivity (Wildman–Crippen MR) is 115 cm³/mol. The van der Waals surface area contributed by atoms with Crippen molar-refractivity contribution in [3.05, 3.63) is 89.5 Å². The van der Waals surface area contributed by atoms with E-state index in [1.807, 2.05) is 72.8 Å². The Morgan fingerprint density at radius 1 is 0.967 bits per heavy atom. The molecule has 0 radical (unpaired) electrons. The van der Waals surface area contributed by atoms with Crippen molar-refractivity contribution in [3.8, 4) is 17.2 Å². The van der Waals surface area contributed by atoms with Crippen LogP contribution in [0.3, 0.4) is 0 Å². The molecule has 0 aromatic heterocycles. The van der Waals surface area contributed by atoms with Crippen LogP contribution in [-0.4, -0.2) is 26.7 Å². The van der Waals surface area contributed by atoms with Gasteiger partial charge in [0.25, 0.3) is 0 Å². The second-order valence-electron chi connectivity index (χ2n) is 7.29. The number of ether oxygens (including phenoxy) is 3. The largest absolute Gasteiger partial charge is 0.497 e. The Morgan fingerprint density at radius 3 is 2.50 bits per heavy atom. The summed E-state index contributed by atoms with van der Waals surface area (Å²) >= 11 is 0. The minimum atomic E-state index is -0.277. The van der Waals surface area contributed by atoms with Gasteiger partial charge in [-0.25, -0.2) is 0 Å². The first-order chi connectivity index (χ1) is 14.7. The summed E-state index contributed by atoms with van der Waals surface area (Å²) in [5.41, 5.74) is 2.96. The summed E-state index contributed by atoms with van der Waals surface area (Å²) in [5.74, 6) is 1.87. The first kappa shape index (κ1) is 19.8. The molecule has 1 aliphatic heterocycles. The topological polar surface area (TPSA) is 56.8 Å². The monoisotopic (exact) mass is 403 g/mol. The standard InChI is InChI=1S/C25H25NO4/c1-28-21-12-6-10-18(15-21)23(17-8-4-3-5-9-17)26-25(27)20-14-19-11-7-13-22(29-2)24(19)30-16-20/h3-13,15,20,23H,14,16H2,1-2H3,(H,26,27). The summed E-state index contributed by atoms with van der Waals surface area (Å²) in [6.45, 7) is 0.318. The van der Waals surface area contributed by atoms with Crippen molar-refractivity contribution in [3.63, 3.8) is 0 Å². The Bertz CT molecular complexity index is 1020. The summed E-state index contributed by atoms with van der Waals surface area (Å²) in [4.78, 5) is 13.2. The molecule has 1 heterocycles. The molecular formula is C25H25NO4. The number of nitrogens with one attached hydrogen (secondary N) is 1. The molecule has 4 rings (SSSR count). The van der Waals surface area contributed by atoms with E-state index >= 15 is 0 Å². The minimum Gasteiger partial charge on any atom is -0.497 e. The Balaban J connectivity index is 1.58. The van der Waals surface area contributed by atoms with Crippen LogP contribution in [0.5, 0.6) is 17.2 Å². The van der Waals surface area contributed by atoms with Gasteiger partial charge >= 0.3 is 0 Å². The predicted octanol–water partition coefficient (Wildman–Crippen LogP) is 4.16. The number of carbonyl (C=O) groups excluding carboxylic acids is 1. The molecule has 5 heteroatoms. The normalized spacial score (nSPS) is 16.0. The fraction of sp³-hybridized carbons (Fsp3) is 0.240. The average Bonchev–Trinajstić information content (AvgIpc) is 2.82. The lowest BCUT2D eigenvalue weighted by Crippen LogP contribution is -2.39. The van der Waals surface area contributed by atoms with Gasteiger partial charge in [0.2, 0.25) is 5.91 Å². The third-order valence-corrected chi connectivity index (χ3v) is 5.39. The van der Waals surface area contributed by atoms with E-state index in [9.17, 15) is 4.79 Å². The van der Waals surface area contributed by atoms with Crippen molar-refractivity contribution >= 4 is 5.91 Å². The van der Waals surface area contributed by atoms with Crippen LogP contribution < -0.4 is 19.5 Å². The zero-order valence-corrected chi connectivity index (χ0v) is 17.1. The molecule has 0 fully saturated rings. The van der Waals surface area contributed by atoms with E-state index in [-0.39, 0.29) is 17.9 Å². The molecule has 3 aromatic carbocycles. The highest BCUT2D eigenvalue weighted by Gasteiger charge is 2.29. The smallest absolute Gasteiger partial charge is 0.227 e. The van der Waals surface area contributed by atoms with Gasteiger partial charge in [0.15, 0.2) is 11.5 Å². The van der Waals surface area contributed by atoms with E-state index in [0.29, 0.717) is 18.8 Å². The quantitative estimate of drug-likeness (QED) is 0.671. The number of para-hydroxylation sites is 1. The van der Waals surface area contributed by atoms with E-state index in [1.165, 1.54) is 0 Å². The van der Waals surface area contributed by atoms with Crippen LogP contribution in [0.15, 0.2) is 72.8 Å². The van der Waals surface area contributed by atoms with E-state index in [2.05, 4.69) is 5.32 Å². The molecule has 1 aliphatic rings. The highest BCUT2D eigenvalue weighted by molar-refractivity contribution is 5.80. The number of fused-ring (bicyclic) bond motifs is 1. The maximum absolute atomic E-state index is 13.2. The molecule has 0 spiro atoms. The third-order valence-electron chi connectivity index (χ3n) is 5.39. The molecule has 0 bridgehead atoms. The number of hydrogen-bond acceptors (Lipinski definition) is 4. The maximum atomic E-state index is 13.2. The van der Waals surface area contributed by atoms with Crippen LogP contribution in [0.25, 0.3) is 0 Å². The zero-order valence-electron chi connectivity index (χ0n) is 17.1. The fourth-order valence-electron chi connectivity index (χ4n) is 3.81. The fourth-order valence-corrected chi connectivity index (χ4v) is 3.81. The van der Waals surface area contributed by atoms with Crippen LogP contribution in [0.1, 0.15) is 22.7 Å². The lowest BCUT2D eigenvalue weighted by molar-refractivity contribution is -0.126. The van der Waals surface area contributed by atoms with E-state index < -0.39 is 0 Å². The van der Waals surface area contributed by atoms with E-state index in [1.54, 1.807) is 14.2 Å². The van der Waals surface area contributed by atoms with Crippen molar-refractivity contribution in [2.75, 3.05) is 20.8 Å². The van der Waals surface area contributed by atoms with Gasteiger partial charge in [-0.2, -0.15) is 0 Å². The first-order valence-corrected chi connectivity index (χ1v) is 9.97. The van der Waals surface area contributed by atoms with Crippen LogP contribution in [0.2, 0.25) is 0 Å². The lowest BCUT2D eigenvalue weighted by atomic mass is 9.93. The van der Waals surface area contributed by atoms with Gasteiger partial charge in [-0.15, -0.1) is 0 Å². The van der Waals surface area contributed by atoms with Gasteiger partial charge in [-0.1, -0.05) is 54.6 Å².